The van der Waals surface area contributed by atoms with Gasteiger partial charge in [-0.05, 0) is 41.5 Å². The van der Waals surface area contributed by atoms with Crippen LogP contribution in [0.25, 0.3) is 0 Å². The first-order valence-electron chi connectivity index (χ1n) is 7.57. The molecular formula is C18H31NO. The molecule has 0 saturated heterocycles. The van der Waals surface area contributed by atoms with E-state index in [4.69, 9.17) is 10.5 Å². The summed E-state index contributed by atoms with van der Waals surface area (Å²) < 4.78 is 5.75. The molecule has 0 aliphatic rings. The highest BCUT2D eigenvalue weighted by molar-refractivity contribution is 5.31. The van der Waals surface area contributed by atoms with Crippen LogP contribution in [0.1, 0.15) is 53.5 Å². The first-order valence-corrected chi connectivity index (χ1v) is 7.57. The lowest BCUT2D eigenvalue weighted by Gasteiger charge is -2.33. The second-order valence-electron chi connectivity index (χ2n) is 7.80. The Hall–Kier alpha value is -1.02. The Balaban J connectivity index is 2.70. The van der Waals surface area contributed by atoms with Gasteiger partial charge in [0.25, 0.3) is 0 Å². The molecule has 0 radical (unpaired) electrons. The fourth-order valence-electron chi connectivity index (χ4n) is 2.74. The van der Waals surface area contributed by atoms with E-state index in [0.29, 0.717) is 24.5 Å². The predicted octanol–water partition coefficient (Wildman–Crippen LogP) is 4.37. The van der Waals surface area contributed by atoms with Crippen LogP contribution in [-0.4, -0.2) is 13.2 Å². The summed E-state index contributed by atoms with van der Waals surface area (Å²) in [6, 6.07) is 8.52. The van der Waals surface area contributed by atoms with Crippen LogP contribution in [-0.2, 0) is 5.41 Å². The maximum absolute atomic E-state index is 5.75. The van der Waals surface area contributed by atoms with Gasteiger partial charge in [0.2, 0.25) is 0 Å². The van der Waals surface area contributed by atoms with Gasteiger partial charge < -0.3 is 10.5 Å². The molecule has 0 spiro atoms. The van der Waals surface area contributed by atoms with E-state index >= 15 is 0 Å². The van der Waals surface area contributed by atoms with Crippen molar-refractivity contribution in [1.82, 2.24) is 0 Å². The summed E-state index contributed by atoms with van der Waals surface area (Å²) >= 11 is 0. The summed E-state index contributed by atoms with van der Waals surface area (Å²) in [6.07, 6.45) is 1.16. The molecule has 0 heterocycles. The van der Waals surface area contributed by atoms with Crippen molar-refractivity contribution in [3.05, 3.63) is 29.8 Å². The largest absolute Gasteiger partial charge is 0.493 e. The van der Waals surface area contributed by atoms with Crippen LogP contribution >= 0.6 is 0 Å². The van der Waals surface area contributed by atoms with Crippen LogP contribution in [0.4, 0.5) is 0 Å². The molecule has 0 bridgehead atoms. The fourth-order valence-corrected chi connectivity index (χ4v) is 2.74. The van der Waals surface area contributed by atoms with Gasteiger partial charge in [0.1, 0.15) is 5.75 Å². The minimum atomic E-state index is 0.182. The number of benzene rings is 1. The van der Waals surface area contributed by atoms with Crippen molar-refractivity contribution in [2.45, 2.75) is 53.4 Å². The minimum Gasteiger partial charge on any atom is -0.493 e. The van der Waals surface area contributed by atoms with E-state index in [1.54, 1.807) is 0 Å². The lowest BCUT2D eigenvalue weighted by Crippen LogP contribution is -2.24. The zero-order valence-electron chi connectivity index (χ0n) is 14.0. The van der Waals surface area contributed by atoms with Crippen molar-refractivity contribution in [3.63, 3.8) is 0 Å². The number of hydrogen-bond donors (Lipinski definition) is 1. The van der Waals surface area contributed by atoms with Crippen molar-refractivity contribution < 1.29 is 4.74 Å². The van der Waals surface area contributed by atoms with E-state index < -0.39 is 0 Å². The van der Waals surface area contributed by atoms with E-state index in [0.717, 1.165) is 12.2 Å². The molecule has 1 atom stereocenters. The van der Waals surface area contributed by atoms with Gasteiger partial charge in [0.05, 0.1) is 6.61 Å². The zero-order chi connectivity index (χ0) is 15.4. The first-order chi connectivity index (χ1) is 9.14. The molecule has 1 aromatic rings. The van der Waals surface area contributed by atoms with Crippen molar-refractivity contribution in [2.24, 2.45) is 17.1 Å². The number of ether oxygens (including phenoxy) is 1. The molecule has 0 amide bonds. The Kier molecular flexibility index (Phi) is 5.64. The quantitative estimate of drug-likeness (QED) is 0.837. The van der Waals surface area contributed by atoms with Crippen LogP contribution in [0.5, 0.6) is 5.75 Å². The van der Waals surface area contributed by atoms with E-state index in [1.165, 1.54) is 5.56 Å². The van der Waals surface area contributed by atoms with Crippen molar-refractivity contribution in [1.29, 1.82) is 0 Å². The predicted molar refractivity (Wildman–Crippen MR) is 87.3 cm³/mol. The summed E-state index contributed by atoms with van der Waals surface area (Å²) in [7, 11) is 0. The van der Waals surface area contributed by atoms with E-state index in [9.17, 15) is 0 Å². The summed E-state index contributed by atoms with van der Waals surface area (Å²) in [5.41, 5.74) is 7.47. The number of hydrogen-bond acceptors (Lipinski definition) is 2. The van der Waals surface area contributed by atoms with E-state index in [1.807, 2.05) is 0 Å². The van der Waals surface area contributed by atoms with Gasteiger partial charge in [-0.2, -0.15) is 0 Å². The van der Waals surface area contributed by atoms with Gasteiger partial charge in [-0.15, -0.1) is 0 Å². The van der Waals surface area contributed by atoms with Crippen LogP contribution in [0.3, 0.4) is 0 Å². The molecular weight excluding hydrogens is 246 g/mol. The molecule has 20 heavy (non-hydrogen) atoms. The number of rotatable bonds is 6. The van der Waals surface area contributed by atoms with Crippen LogP contribution in [0.2, 0.25) is 0 Å². The van der Waals surface area contributed by atoms with Gasteiger partial charge in [0, 0.05) is 5.92 Å². The SMILES string of the molecule is CC(CN)COc1ccc(C(C)(C)CC(C)(C)C)cc1. The average Bonchev–Trinajstić information content (AvgIpc) is 2.33. The first kappa shape index (κ1) is 17.0. The second-order valence-corrected chi connectivity index (χ2v) is 7.80. The Bertz CT molecular complexity index is 400. The Morgan fingerprint density at radius 3 is 2.05 bits per heavy atom. The van der Waals surface area contributed by atoms with Gasteiger partial charge in [-0.3, -0.25) is 0 Å². The highest BCUT2D eigenvalue weighted by Crippen LogP contribution is 2.36. The van der Waals surface area contributed by atoms with Crippen LogP contribution in [0.15, 0.2) is 24.3 Å². The molecule has 2 N–H and O–H groups in total. The average molecular weight is 277 g/mol. The molecule has 2 heteroatoms. The third-order valence-electron chi connectivity index (χ3n) is 3.54. The topological polar surface area (TPSA) is 35.2 Å². The molecule has 0 aliphatic carbocycles. The molecule has 0 aromatic heterocycles. The Morgan fingerprint density at radius 2 is 1.60 bits per heavy atom. The maximum Gasteiger partial charge on any atom is 0.119 e. The highest BCUT2D eigenvalue weighted by Gasteiger charge is 2.27. The minimum absolute atomic E-state index is 0.182. The summed E-state index contributed by atoms with van der Waals surface area (Å²) in [5, 5.41) is 0. The molecule has 0 aliphatic heterocycles. The summed E-state index contributed by atoms with van der Waals surface area (Å²) in [6.45, 7) is 14.9. The molecule has 2 nitrogen and oxygen atoms in total. The Labute approximate surface area is 124 Å². The maximum atomic E-state index is 5.75. The smallest absolute Gasteiger partial charge is 0.119 e. The van der Waals surface area contributed by atoms with Gasteiger partial charge in [-0.1, -0.05) is 53.7 Å². The molecule has 114 valence electrons. The van der Waals surface area contributed by atoms with Crippen molar-refractivity contribution >= 4 is 0 Å². The summed E-state index contributed by atoms with van der Waals surface area (Å²) in [5.74, 6) is 1.33. The third kappa shape index (κ3) is 5.54. The van der Waals surface area contributed by atoms with Gasteiger partial charge >= 0.3 is 0 Å². The molecule has 0 fully saturated rings. The van der Waals surface area contributed by atoms with Crippen LogP contribution in [0, 0.1) is 11.3 Å². The van der Waals surface area contributed by atoms with Crippen molar-refractivity contribution in [2.75, 3.05) is 13.2 Å². The zero-order valence-corrected chi connectivity index (χ0v) is 14.0. The number of nitrogens with two attached hydrogens (primary N) is 1. The monoisotopic (exact) mass is 277 g/mol. The lowest BCUT2D eigenvalue weighted by atomic mass is 9.72. The van der Waals surface area contributed by atoms with E-state index in [2.05, 4.69) is 65.8 Å². The standard InChI is InChI=1S/C18H31NO/c1-14(11-19)12-20-16-9-7-15(8-10-16)18(5,6)13-17(2,3)4/h7-10,14H,11-13,19H2,1-6H3. The van der Waals surface area contributed by atoms with Gasteiger partial charge in [0.15, 0.2) is 0 Å². The molecule has 1 rings (SSSR count). The van der Waals surface area contributed by atoms with Crippen molar-refractivity contribution in [3.8, 4) is 5.75 Å². The highest BCUT2D eigenvalue weighted by atomic mass is 16.5. The van der Waals surface area contributed by atoms with E-state index in [-0.39, 0.29) is 5.41 Å². The summed E-state index contributed by atoms with van der Waals surface area (Å²) in [4.78, 5) is 0. The fraction of sp³-hybridized carbons (Fsp3) is 0.667. The normalized spacial score (nSPS) is 14.2. The Morgan fingerprint density at radius 1 is 1.05 bits per heavy atom. The second kappa shape index (κ2) is 6.62. The van der Waals surface area contributed by atoms with Gasteiger partial charge in [-0.25, -0.2) is 0 Å². The molecule has 0 saturated carbocycles. The van der Waals surface area contributed by atoms with Crippen LogP contribution < -0.4 is 10.5 Å². The lowest BCUT2D eigenvalue weighted by molar-refractivity contribution is 0.263. The third-order valence-corrected chi connectivity index (χ3v) is 3.54. The molecule has 1 unspecified atom stereocenters. The molecule has 1 aromatic carbocycles.